The third-order valence-electron chi connectivity index (χ3n) is 1.77. The minimum Gasteiger partial charge on any atom is -0.335 e. The van der Waals surface area contributed by atoms with Crippen LogP contribution in [0.5, 0.6) is 0 Å². The highest BCUT2D eigenvalue weighted by molar-refractivity contribution is 7.99. The maximum Gasteiger partial charge on any atom is 0.177 e. The number of nitrogens with zero attached hydrogens (tertiary/aromatic N) is 1. The van der Waals surface area contributed by atoms with E-state index in [-0.39, 0.29) is 0 Å². The third-order valence-corrected chi connectivity index (χ3v) is 3.06. The summed E-state index contributed by atoms with van der Waals surface area (Å²) in [7, 11) is 0. The van der Waals surface area contributed by atoms with Crippen molar-refractivity contribution in [3.8, 4) is 0 Å². The van der Waals surface area contributed by atoms with Crippen LogP contribution in [0.2, 0.25) is 0 Å². The molecule has 0 bridgehead atoms. The second-order valence-electron chi connectivity index (χ2n) is 2.94. The topological polar surface area (TPSA) is 20.7 Å². The molecule has 1 heterocycles. The van der Waals surface area contributed by atoms with Crippen molar-refractivity contribution in [2.75, 3.05) is 6.26 Å². The first-order valence-corrected chi connectivity index (χ1v) is 5.62. The number of nitrogens with one attached hydrogen (secondary N) is 1. The maximum absolute atomic E-state index is 5.14. The fourth-order valence-corrected chi connectivity index (χ4v) is 1.65. The van der Waals surface area contributed by atoms with Crippen molar-refractivity contribution in [2.24, 2.45) is 0 Å². The number of imidazole rings is 1. The van der Waals surface area contributed by atoms with Gasteiger partial charge in [0.2, 0.25) is 0 Å². The lowest BCUT2D eigenvalue weighted by Crippen LogP contribution is -2.07. The molecule has 0 aliphatic carbocycles. The van der Waals surface area contributed by atoms with Crippen LogP contribution in [0.3, 0.4) is 0 Å². The second-order valence-corrected chi connectivity index (χ2v) is 4.60. The Labute approximate surface area is 82.4 Å². The Morgan fingerprint density at radius 2 is 2.42 bits per heavy atom. The first kappa shape index (κ1) is 9.86. The number of aromatic amines is 1. The number of aromatic nitrogens is 2. The molecule has 2 nitrogen and oxygen atoms in total. The zero-order valence-corrected chi connectivity index (χ0v) is 9.26. The summed E-state index contributed by atoms with van der Waals surface area (Å²) in [6.07, 6.45) is 4.18. The normalized spacial score (nSPS) is 13.2. The Morgan fingerprint density at radius 3 is 2.83 bits per heavy atom. The van der Waals surface area contributed by atoms with Crippen molar-refractivity contribution in [1.82, 2.24) is 9.55 Å². The van der Waals surface area contributed by atoms with E-state index in [9.17, 15) is 0 Å². The van der Waals surface area contributed by atoms with Gasteiger partial charge in [-0.2, -0.15) is 11.8 Å². The summed E-state index contributed by atoms with van der Waals surface area (Å²) in [6.45, 7) is 5.22. The van der Waals surface area contributed by atoms with Gasteiger partial charge in [-0.15, -0.1) is 0 Å². The molecule has 1 atom stereocenters. The summed E-state index contributed by atoms with van der Waals surface area (Å²) in [5.41, 5.74) is 1.13. The van der Waals surface area contributed by atoms with Gasteiger partial charge >= 0.3 is 0 Å². The molecule has 0 saturated carbocycles. The van der Waals surface area contributed by atoms with Crippen molar-refractivity contribution in [1.29, 1.82) is 0 Å². The van der Waals surface area contributed by atoms with E-state index in [1.165, 1.54) is 0 Å². The largest absolute Gasteiger partial charge is 0.335 e. The minimum atomic E-state index is 0.617. The fourth-order valence-electron chi connectivity index (χ4n) is 1.05. The Bertz CT molecular complexity index is 300. The molecule has 1 rings (SSSR count). The second kappa shape index (κ2) is 4.14. The van der Waals surface area contributed by atoms with Crippen LogP contribution in [-0.2, 0) is 6.54 Å². The van der Waals surface area contributed by atoms with E-state index in [1.807, 2.05) is 18.7 Å². The van der Waals surface area contributed by atoms with Crippen molar-refractivity contribution in [2.45, 2.75) is 25.6 Å². The van der Waals surface area contributed by atoms with Gasteiger partial charge in [0, 0.05) is 23.7 Å². The summed E-state index contributed by atoms with van der Waals surface area (Å²) in [4.78, 5) is 3.11. The zero-order valence-electron chi connectivity index (χ0n) is 7.63. The molecule has 68 valence electrons. The number of hydrogen-bond donors (Lipinski definition) is 1. The Morgan fingerprint density at radius 1 is 1.75 bits per heavy atom. The van der Waals surface area contributed by atoms with Gasteiger partial charge in [-0.25, -0.2) is 0 Å². The molecule has 0 amide bonds. The van der Waals surface area contributed by atoms with Crippen LogP contribution in [-0.4, -0.2) is 21.1 Å². The molecule has 0 aliphatic heterocycles. The average Bonchev–Trinajstić information content (AvgIpc) is 2.30. The van der Waals surface area contributed by atoms with E-state index in [0.29, 0.717) is 5.25 Å². The summed E-state index contributed by atoms with van der Waals surface area (Å²) < 4.78 is 2.92. The lowest BCUT2D eigenvalue weighted by molar-refractivity contribution is 0.683. The quantitative estimate of drug-likeness (QED) is 0.761. The first-order valence-electron chi connectivity index (χ1n) is 3.92. The maximum atomic E-state index is 5.14. The van der Waals surface area contributed by atoms with E-state index >= 15 is 0 Å². The van der Waals surface area contributed by atoms with Crippen LogP contribution >= 0.6 is 24.0 Å². The average molecular weight is 202 g/mol. The van der Waals surface area contributed by atoms with Gasteiger partial charge in [0.15, 0.2) is 4.77 Å². The molecule has 1 unspecified atom stereocenters. The lowest BCUT2D eigenvalue weighted by atomic mass is 10.4. The van der Waals surface area contributed by atoms with Crippen LogP contribution < -0.4 is 0 Å². The molecule has 12 heavy (non-hydrogen) atoms. The van der Waals surface area contributed by atoms with Crippen LogP contribution in [0.25, 0.3) is 0 Å². The van der Waals surface area contributed by atoms with Gasteiger partial charge in [0.1, 0.15) is 0 Å². The van der Waals surface area contributed by atoms with Gasteiger partial charge in [0.05, 0.1) is 0 Å². The van der Waals surface area contributed by atoms with Crippen LogP contribution in [0.4, 0.5) is 0 Å². The van der Waals surface area contributed by atoms with Gasteiger partial charge in [0.25, 0.3) is 0 Å². The van der Waals surface area contributed by atoms with Gasteiger partial charge in [-0.3, -0.25) is 0 Å². The molecular formula is C8H14N2S2. The van der Waals surface area contributed by atoms with E-state index in [2.05, 4.69) is 28.9 Å². The van der Waals surface area contributed by atoms with Gasteiger partial charge < -0.3 is 9.55 Å². The highest BCUT2D eigenvalue weighted by atomic mass is 32.2. The van der Waals surface area contributed by atoms with Gasteiger partial charge in [-0.05, 0) is 25.4 Å². The predicted octanol–water partition coefficient (Wildman–Crippen LogP) is 2.61. The van der Waals surface area contributed by atoms with E-state index in [4.69, 9.17) is 12.2 Å². The fraction of sp³-hybridized carbons (Fsp3) is 0.625. The van der Waals surface area contributed by atoms with Crippen LogP contribution in [0, 0.1) is 11.7 Å². The molecule has 0 aromatic carbocycles. The lowest BCUT2D eigenvalue weighted by Gasteiger charge is -2.07. The Balaban J connectivity index is 2.75. The molecule has 4 heteroatoms. The molecule has 1 N–H and O–H groups in total. The molecule has 0 saturated heterocycles. The molecule has 1 aromatic rings. The van der Waals surface area contributed by atoms with E-state index in [0.717, 1.165) is 17.0 Å². The highest BCUT2D eigenvalue weighted by Crippen LogP contribution is 2.09. The Kier molecular flexibility index (Phi) is 3.40. The molecule has 0 fully saturated rings. The smallest absolute Gasteiger partial charge is 0.177 e. The SMILES string of the molecule is CSC(C)Cn1cc(C)[nH]c1=S. The van der Waals surface area contributed by atoms with Crippen molar-refractivity contribution < 1.29 is 0 Å². The molecule has 0 radical (unpaired) electrons. The van der Waals surface area contributed by atoms with Gasteiger partial charge in [-0.1, -0.05) is 6.92 Å². The van der Waals surface area contributed by atoms with Crippen LogP contribution in [0.15, 0.2) is 6.20 Å². The summed E-state index contributed by atoms with van der Waals surface area (Å²) in [5, 5.41) is 0.617. The minimum absolute atomic E-state index is 0.617. The Hall–Kier alpha value is -0.220. The van der Waals surface area contributed by atoms with Crippen molar-refractivity contribution >= 4 is 24.0 Å². The summed E-state index contributed by atoms with van der Waals surface area (Å²) >= 11 is 6.99. The van der Waals surface area contributed by atoms with E-state index in [1.54, 1.807) is 0 Å². The third kappa shape index (κ3) is 2.38. The number of thioether (sulfide) groups is 1. The van der Waals surface area contributed by atoms with E-state index < -0.39 is 0 Å². The number of hydrogen-bond acceptors (Lipinski definition) is 2. The van der Waals surface area contributed by atoms with Crippen molar-refractivity contribution in [3.05, 3.63) is 16.7 Å². The number of H-pyrrole nitrogens is 1. The molecular weight excluding hydrogens is 188 g/mol. The van der Waals surface area contributed by atoms with Crippen molar-refractivity contribution in [3.63, 3.8) is 0 Å². The monoisotopic (exact) mass is 202 g/mol. The molecule has 0 spiro atoms. The summed E-state index contributed by atoms with van der Waals surface area (Å²) in [6, 6.07) is 0. The highest BCUT2D eigenvalue weighted by Gasteiger charge is 2.01. The molecule has 0 aliphatic rings. The number of aryl methyl sites for hydroxylation is 1. The standard InChI is InChI=1S/C8H14N2S2/c1-6-4-10(8(11)9-6)5-7(2)12-3/h4,7H,5H2,1-3H3,(H,9,11). The first-order chi connectivity index (χ1) is 5.63. The summed E-state index contributed by atoms with van der Waals surface area (Å²) in [5.74, 6) is 0. The van der Waals surface area contributed by atoms with Crippen LogP contribution in [0.1, 0.15) is 12.6 Å². The number of rotatable bonds is 3. The zero-order chi connectivity index (χ0) is 9.14. The molecule has 1 aromatic heterocycles. The predicted molar refractivity (Wildman–Crippen MR) is 57.3 cm³/mol.